The van der Waals surface area contributed by atoms with Crippen LogP contribution in [0.3, 0.4) is 0 Å². The van der Waals surface area contributed by atoms with E-state index in [1.165, 1.54) is 0 Å². The minimum atomic E-state index is -1.60. The summed E-state index contributed by atoms with van der Waals surface area (Å²) in [5.74, 6) is -0.253. The van der Waals surface area contributed by atoms with Gasteiger partial charge < -0.3 is 13.6 Å². The molecule has 0 heterocycles. The average Bonchev–Trinajstić information content (AvgIpc) is 2.26. The van der Waals surface area contributed by atoms with Crippen molar-refractivity contribution in [2.75, 3.05) is 20.8 Å². The van der Waals surface area contributed by atoms with E-state index >= 15 is 0 Å². The first-order chi connectivity index (χ1) is 7.15. The van der Waals surface area contributed by atoms with Gasteiger partial charge in [0.1, 0.15) is 0 Å². The second kappa shape index (κ2) is 8.64. The van der Waals surface area contributed by atoms with Crippen LogP contribution in [0.2, 0.25) is 6.04 Å². The van der Waals surface area contributed by atoms with E-state index in [1.54, 1.807) is 21.1 Å². The zero-order chi connectivity index (χ0) is 11.7. The van der Waals surface area contributed by atoms with E-state index in [4.69, 9.17) is 13.6 Å². The van der Waals surface area contributed by atoms with Crippen molar-refractivity contribution in [1.82, 2.24) is 0 Å². The molecule has 0 bridgehead atoms. The van der Waals surface area contributed by atoms with Crippen LogP contribution in [0, 0.1) is 0 Å². The Bertz CT molecular complexity index is 211. The van der Waals surface area contributed by atoms with Crippen molar-refractivity contribution in [1.29, 1.82) is 0 Å². The topological polar surface area (TPSA) is 44.8 Å². The molecule has 0 radical (unpaired) electrons. The van der Waals surface area contributed by atoms with Gasteiger partial charge >= 0.3 is 15.3 Å². The van der Waals surface area contributed by atoms with Gasteiger partial charge in [0.15, 0.2) is 0 Å². The summed E-state index contributed by atoms with van der Waals surface area (Å²) >= 11 is 0. The molecule has 0 N–H and O–H groups in total. The Morgan fingerprint density at radius 3 is 2.40 bits per heavy atom. The Labute approximate surface area is 93.1 Å². The Kier molecular flexibility index (Phi) is 8.26. The smallest absolute Gasteiger partial charge is 0.333 e. The molecule has 0 aromatic carbocycles. The van der Waals surface area contributed by atoms with Crippen LogP contribution in [0.15, 0.2) is 11.6 Å². The highest BCUT2D eigenvalue weighted by Crippen LogP contribution is 2.03. The van der Waals surface area contributed by atoms with Gasteiger partial charge in [0.25, 0.3) is 0 Å². The van der Waals surface area contributed by atoms with Crippen LogP contribution in [0.25, 0.3) is 0 Å². The van der Waals surface area contributed by atoms with Crippen LogP contribution >= 0.6 is 0 Å². The quantitative estimate of drug-likeness (QED) is 0.378. The minimum absolute atomic E-state index is 0.253. The molecular weight excluding hydrogens is 212 g/mol. The largest absolute Gasteiger partial charge is 0.462 e. The minimum Gasteiger partial charge on any atom is -0.462 e. The van der Waals surface area contributed by atoms with E-state index in [1.807, 2.05) is 13.0 Å². The highest BCUT2D eigenvalue weighted by Gasteiger charge is 2.10. The zero-order valence-electron chi connectivity index (χ0n) is 9.91. The highest BCUT2D eigenvalue weighted by atomic mass is 28.3. The molecule has 0 aromatic rings. The number of esters is 1. The predicted molar refractivity (Wildman–Crippen MR) is 61.0 cm³/mol. The van der Waals surface area contributed by atoms with Gasteiger partial charge in [-0.2, -0.15) is 0 Å². The summed E-state index contributed by atoms with van der Waals surface area (Å²) in [4.78, 5) is 11.3. The average molecular weight is 232 g/mol. The highest BCUT2D eigenvalue weighted by molar-refractivity contribution is 6.44. The third-order valence-electron chi connectivity index (χ3n) is 1.90. The second-order valence-electron chi connectivity index (χ2n) is 3.16. The fourth-order valence-corrected chi connectivity index (χ4v) is 2.08. The maximum absolute atomic E-state index is 11.3. The van der Waals surface area contributed by atoms with Crippen molar-refractivity contribution in [2.24, 2.45) is 0 Å². The van der Waals surface area contributed by atoms with Gasteiger partial charge in [0.2, 0.25) is 0 Å². The molecular formula is C10H20O4Si. The summed E-state index contributed by atoms with van der Waals surface area (Å²) in [7, 11) is 1.65. The van der Waals surface area contributed by atoms with Crippen LogP contribution in [-0.2, 0) is 18.4 Å². The molecule has 15 heavy (non-hydrogen) atoms. The van der Waals surface area contributed by atoms with Crippen molar-refractivity contribution < 1.29 is 18.4 Å². The second-order valence-corrected chi connectivity index (χ2v) is 5.43. The third kappa shape index (κ3) is 6.43. The van der Waals surface area contributed by atoms with Gasteiger partial charge in [-0.25, -0.2) is 4.79 Å². The lowest BCUT2D eigenvalue weighted by molar-refractivity contribution is -0.138. The molecule has 0 rings (SSSR count). The van der Waals surface area contributed by atoms with Gasteiger partial charge in [-0.15, -0.1) is 0 Å². The summed E-state index contributed by atoms with van der Waals surface area (Å²) in [6.07, 6.45) is 2.66. The normalized spacial score (nSPS) is 11.9. The van der Waals surface area contributed by atoms with Gasteiger partial charge in [0.05, 0.1) is 6.61 Å². The standard InChI is InChI=1S/C10H20O4Si/c1-5-7-14-10(11)9(2)6-8-15(12-3)13-4/h6,15H,5,7-8H2,1-4H3. The van der Waals surface area contributed by atoms with Crippen molar-refractivity contribution in [2.45, 2.75) is 26.3 Å². The molecule has 0 fully saturated rings. The lowest BCUT2D eigenvalue weighted by Crippen LogP contribution is -2.18. The summed E-state index contributed by atoms with van der Waals surface area (Å²) < 4.78 is 15.2. The maximum atomic E-state index is 11.3. The predicted octanol–water partition coefficient (Wildman–Crippen LogP) is 1.40. The zero-order valence-corrected chi connectivity index (χ0v) is 11.1. The van der Waals surface area contributed by atoms with Crippen LogP contribution in [0.5, 0.6) is 0 Å². The number of hydrogen-bond acceptors (Lipinski definition) is 4. The lowest BCUT2D eigenvalue weighted by atomic mass is 10.3. The number of carbonyl (C=O) groups excluding carboxylic acids is 1. The van der Waals surface area contributed by atoms with Crippen molar-refractivity contribution in [3.05, 3.63) is 11.6 Å². The summed E-state index contributed by atoms with van der Waals surface area (Å²) in [6.45, 7) is 4.18. The van der Waals surface area contributed by atoms with Crippen molar-refractivity contribution in [3.8, 4) is 0 Å². The maximum Gasteiger partial charge on any atom is 0.333 e. The third-order valence-corrected chi connectivity index (χ3v) is 3.57. The number of ether oxygens (including phenoxy) is 1. The molecule has 0 aliphatic carbocycles. The summed E-state index contributed by atoms with van der Waals surface area (Å²) in [5, 5.41) is 0. The molecule has 88 valence electrons. The van der Waals surface area contributed by atoms with E-state index in [9.17, 15) is 4.79 Å². The molecule has 0 saturated heterocycles. The molecule has 0 saturated carbocycles. The molecule has 4 nitrogen and oxygen atoms in total. The Morgan fingerprint density at radius 1 is 1.33 bits per heavy atom. The van der Waals surface area contributed by atoms with Crippen LogP contribution in [0.4, 0.5) is 0 Å². The lowest BCUT2D eigenvalue weighted by Gasteiger charge is -2.08. The first kappa shape index (κ1) is 14.3. The van der Waals surface area contributed by atoms with E-state index < -0.39 is 9.28 Å². The van der Waals surface area contributed by atoms with Gasteiger partial charge in [0, 0.05) is 25.8 Å². The molecule has 0 spiro atoms. The summed E-state index contributed by atoms with van der Waals surface area (Å²) in [5.41, 5.74) is 0.620. The fourth-order valence-electron chi connectivity index (χ4n) is 0.954. The molecule has 0 amide bonds. The molecule has 5 heteroatoms. The molecule has 0 aliphatic heterocycles. The van der Waals surface area contributed by atoms with Crippen molar-refractivity contribution in [3.63, 3.8) is 0 Å². The van der Waals surface area contributed by atoms with Crippen LogP contribution in [0.1, 0.15) is 20.3 Å². The molecule has 0 atom stereocenters. The van der Waals surface area contributed by atoms with E-state index in [0.717, 1.165) is 6.42 Å². The van der Waals surface area contributed by atoms with E-state index in [0.29, 0.717) is 18.2 Å². The number of hydrogen-bond donors (Lipinski definition) is 0. The van der Waals surface area contributed by atoms with E-state index in [2.05, 4.69) is 0 Å². The van der Waals surface area contributed by atoms with Gasteiger partial charge in [-0.05, 0) is 13.3 Å². The first-order valence-electron chi connectivity index (χ1n) is 5.05. The van der Waals surface area contributed by atoms with Gasteiger partial charge in [-0.1, -0.05) is 13.0 Å². The summed E-state index contributed by atoms with van der Waals surface area (Å²) in [6, 6.07) is 0.681. The van der Waals surface area contributed by atoms with Crippen molar-refractivity contribution >= 4 is 15.3 Å². The van der Waals surface area contributed by atoms with Crippen LogP contribution < -0.4 is 0 Å². The Balaban J connectivity index is 4.00. The fraction of sp³-hybridized carbons (Fsp3) is 0.700. The van der Waals surface area contributed by atoms with Gasteiger partial charge in [-0.3, -0.25) is 0 Å². The van der Waals surface area contributed by atoms with Crippen LogP contribution in [-0.4, -0.2) is 36.1 Å². The number of carbonyl (C=O) groups is 1. The Morgan fingerprint density at radius 2 is 1.93 bits per heavy atom. The molecule has 0 unspecified atom stereocenters. The Hall–Kier alpha value is -0.653. The SMILES string of the molecule is CCCOC(=O)C(C)=CC[SiH](OC)OC. The number of rotatable bonds is 7. The number of allylic oxidation sites excluding steroid dienone is 1. The molecule has 0 aliphatic rings. The molecule has 0 aromatic heterocycles. The van der Waals surface area contributed by atoms with E-state index in [-0.39, 0.29) is 5.97 Å². The monoisotopic (exact) mass is 232 g/mol. The first-order valence-corrected chi connectivity index (χ1v) is 6.81.